The van der Waals surface area contributed by atoms with E-state index in [1.165, 1.54) is 23.7 Å². The van der Waals surface area contributed by atoms with Crippen molar-refractivity contribution in [2.75, 3.05) is 12.3 Å². The zero-order chi connectivity index (χ0) is 20.2. The van der Waals surface area contributed by atoms with E-state index >= 15 is 0 Å². The lowest BCUT2D eigenvalue weighted by Gasteiger charge is -2.33. The molecule has 1 aromatic heterocycles. The van der Waals surface area contributed by atoms with Gasteiger partial charge in [-0.15, -0.1) is 10.2 Å². The Kier molecular flexibility index (Phi) is 6.00. The Morgan fingerprint density at radius 1 is 1.07 bits per heavy atom. The molecule has 0 saturated carbocycles. The molecule has 0 unspecified atom stereocenters. The Balaban J connectivity index is 1.62. The number of aromatic nitrogens is 3. The fraction of sp³-hybridized carbons (Fsp3) is 0.348. The van der Waals surface area contributed by atoms with Gasteiger partial charge in [0, 0.05) is 23.8 Å². The number of nitrogens with zero attached hydrogens (tertiary/aromatic N) is 4. The van der Waals surface area contributed by atoms with Crippen LogP contribution in [0.25, 0.3) is 17.1 Å². The zero-order valence-electron chi connectivity index (χ0n) is 16.9. The van der Waals surface area contributed by atoms with Crippen LogP contribution in [0.2, 0.25) is 0 Å². The van der Waals surface area contributed by atoms with Gasteiger partial charge in [0.2, 0.25) is 5.91 Å². The van der Waals surface area contributed by atoms with E-state index in [0.29, 0.717) is 11.8 Å². The molecule has 2 aromatic carbocycles. The third kappa shape index (κ3) is 4.37. The molecule has 6 heteroatoms. The van der Waals surface area contributed by atoms with Crippen molar-refractivity contribution in [2.24, 2.45) is 0 Å². The van der Waals surface area contributed by atoms with E-state index in [1.807, 2.05) is 39.8 Å². The molecule has 1 fully saturated rings. The molecule has 1 saturated heterocycles. The minimum absolute atomic E-state index is 0.182. The second kappa shape index (κ2) is 8.82. The van der Waals surface area contributed by atoms with Crippen molar-refractivity contribution in [3.8, 4) is 17.1 Å². The predicted molar refractivity (Wildman–Crippen MR) is 117 cm³/mol. The Morgan fingerprint density at radius 2 is 1.83 bits per heavy atom. The summed E-state index contributed by atoms with van der Waals surface area (Å²) in [5, 5.41) is 9.63. The van der Waals surface area contributed by atoms with E-state index in [-0.39, 0.29) is 5.91 Å². The topological polar surface area (TPSA) is 51.0 Å². The lowest BCUT2D eigenvalue weighted by molar-refractivity contribution is -0.131. The average molecular weight is 407 g/mol. The number of hydrogen-bond donors (Lipinski definition) is 0. The molecule has 3 aromatic rings. The van der Waals surface area contributed by atoms with Gasteiger partial charge in [-0.05, 0) is 45.2 Å². The van der Waals surface area contributed by atoms with Crippen molar-refractivity contribution in [1.29, 1.82) is 0 Å². The number of thioether (sulfide) groups is 1. The molecule has 2 heterocycles. The summed E-state index contributed by atoms with van der Waals surface area (Å²) in [6.07, 6.45) is 3.40. The van der Waals surface area contributed by atoms with Crippen LogP contribution in [0.4, 0.5) is 0 Å². The van der Waals surface area contributed by atoms with Crippen LogP contribution in [0.3, 0.4) is 0 Å². The monoisotopic (exact) mass is 406 g/mol. The highest BCUT2D eigenvalue weighted by molar-refractivity contribution is 7.99. The van der Waals surface area contributed by atoms with Crippen LogP contribution < -0.4 is 0 Å². The minimum atomic E-state index is 0.182. The van der Waals surface area contributed by atoms with Gasteiger partial charge in [-0.3, -0.25) is 9.36 Å². The third-order valence-corrected chi connectivity index (χ3v) is 6.32. The van der Waals surface area contributed by atoms with E-state index < -0.39 is 0 Å². The fourth-order valence-electron chi connectivity index (χ4n) is 3.74. The normalized spacial score (nSPS) is 16.8. The van der Waals surface area contributed by atoms with Crippen LogP contribution in [0, 0.1) is 6.92 Å². The number of piperidine rings is 1. The van der Waals surface area contributed by atoms with E-state index in [4.69, 9.17) is 0 Å². The highest BCUT2D eigenvalue weighted by atomic mass is 32.2. The molecule has 1 aliphatic rings. The quantitative estimate of drug-likeness (QED) is 0.575. The molecular weight excluding hydrogens is 380 g/mol. The van der Waals surface area contributed by atoms with E-state index in [9.17, 15) is 4.79 Å². The summed E-state index contributed by atoms with van der Waals surface area (Å²) < 4.78 is 2.05. The molecule has 150 valence electrons. The van der Waals surface area contributed by atoms with Gasteiger partial charge in [-0.2, -0.15) is 0 Å². The molecule has 5 nitrogen and oxygen atoms in total. The zero-order valence-corrected chi connectivity index (χ0v) is 17.7. The SMILES string of the molecule is Cc1ccc(-n2c(SCC(=O)N3CCCC[C@H]3C)nnc2-c2ccccc2)cc1. The number of likely N-dealkylation sites (tertiary alicyclic amines) is 1. The van der Waals surface area contributed by atoms with Gasteiger partial charge < -0.3 is 4.90 Å². The van der Waals surface area contributed by atoms with Crippen molar-refractivity contribution in [1.82, 2.24) is 19.7 Å². The van der Waals surface area contributed by atoms with Gasteiger partial charge in [0.15, 0.2) is 11.0 Å². The lowest BCUT2D eigenvalue weighted by atomic mass is 10.0. The first kappa shape index (κ1) is 19.7. The molecule has 4 rings (SSSR count). The second-order valence-corrected chi connectivity index (χ2v) is 8.51. The Bertz CT molecular complexity index is 968. The van der Waals surface area contributed by atoms with Crippen LogP contribution >= 0.6 is 11.8 Å². The van der Waals surface area contributed by atoms with E-state index in [2.05, 4.69) is 48.3 Å². The Hall–Kier alpha value is -2.60. The Labute approximate surface area is 176 Å². The van der Waals surface area contributed by atoms with E-state index in [0.717, 1.165) is 41.6 Å². The van der Waals surface area contributed by atoms with Gasteiger partial charge in [0.25, 0.3) is 0 Å². The maximum absolute atomic E-state index is 12.8. The van der Waals surface area contributed by atoms with Gasteiger partial charge in [0.05, 0.1) is 5.75 Å². The summed E-state index contributed by atoms with van der Waals surface area (Å²) in [5.74, 6) is 1.35. The van der Waals surface area contributed by atoms with Gasteiger partial charge in [-0.1, -0.05) is 59.8 Å². The fourth-order valence-corrected chi connectivity index (χ4v) is 4.58. The predicted octanol–water partition coefficient (Wildman–Crippen LogP) is 4.74. The number of hydrogen-bond acceptors (Lipinski definition) is 4. The van der Waals surface area contributed by atoms with Gasteiger partial charge in [0.1, 0.15) is 0 Å². The van der Waals surface area contributed by atoms with Crippen LogP contribution in [0.5, 0.6) is 0 Å². The number of carbonyl (C=O) groups excluding carboxylic acids is 1. The second-order valence-electron chi connectivity index (χ2n) is 7.56. The van der Waals surface area contributed by atoms with Gasteiger partial charge >= 0.3 is 0 Å². The first-order valence-corrected chi connectivity index (χ1v) is 11.1. The molecule has 0 bridgehead atoms. The van der Waals surface area contributed by atoms with Crippen LogP contribution in [-0.2, 0) is 4.79 Å². The molecule has 29 heavy (non-hydrogen) atoms. The maximum atomic E-state index is 12.8. The minimum Gasteiger partial charge on any atom is -0.339 e. The van der Waals surface area contributed by atoms with E-state index in [1.54, 1.807) is 0 Å². The van der Waals surface area contributed by atoms with Crippen molar-refractivity contribution >= 4 is 17.7 Å². The summed E-state index contributed by atoms with van der Waals surface area (Å²) >= 11 is 1.46. The van der Waals surface area contributed by atoms with Crippen molar-refractivity contribution in [2.45, 2.75) is 44.3 Å². The van der Waals surface area contributed by atoms with Crippen LogP contribution in [0.1, 0.15) is 31.7 Å². The number of aryl methyl sites for hydroxylation is 1. The van der Waals surface area contributed by atoms with Crippen molar-refractivity contribution in [3.05, 3.63) is 60.2 Å². The first-order valence-electron chi connectivity index (χ1n) is 10.1. The average Bonchev–Trinajstić information content (AvgIpc) is 3.17. The standard InChI is InChI=1S/C23H26N4OS/c1-17-11-13-20(14-12-17)27-22(19-9-4-3-5-10-19)24-25-23(27)29-16-21(28)26-15-7-6-8-18(26)2/h3-5,9-14,18H,6-8,15-16H2,1-2H3/t18-/m1/s1. The molecule has 1 aliphatic heterocycles. The van der Waals surface area contributed by atoms with Crippen molar-refractivity contribution in [3.63, 3.8) is 0 Å². The maximum Gasteiger partial charge on any atom is 0.233 e. The third-order valence-electron chi connectivity index (χ3n) is 5.41. The highest BCUT2D eigenvalue weighted by Gasteiger charge is 2.24. The van der Waals surface area contributed by atoms with Crippen LogP contribution in [-0.4, -0.2) is 43.9 Å². The summed E-state index contributed by atoms with van der Waals surface area (Å²) in [6, 6.07) is 18.7. The first-order chi connectivity index (χ1) is 14.1. The van der Waals surface area contributed by atoms with Crippen LogP contribution in [0.15, 0.2) is 59.8 Å². The smallest absolute Gasteiger partial charge is 0.233 e. The summed E-state index contributed by atoms with van der Waals surface area (Å²) in [6.45, 7) is 5.08. The highest BCUT2D eigenvalue weighted by Crippen LogP contribution is 2.29. The largest absolute Gasteiger partial charge is 0.339 e. The molecule has 1 amide bonds. The lowest BCUT2D eigenvalue weighted by Crippen LogP contribution is -2.42. The van der Waals surface area contributed by atoms with Gasteiger partial charge in [-0.25, -0.2) is 0 Å². The number of amides is 1. The summed E-state index contributed by atoms with van der Waals surface area (Å²) in [4.78, 5) is 14.8. The number of benzene rings is 2. The summed E-state index contributed by atoms with van der Waals surface area (Å²) in [5.41, 5.74) is 3.20. The molecule has 0 radical (unpaired) electrons. The molecule has 0 N–H and O–H groups in total. The van der Waals surface area contributed by atoms with Crippen molar-refractivity contribution < 1.29 is 4.79 Å². The molecule has 0 spiro atoms. The molecule has 0 aliphatic carbocycles. The molecular formula is C23H26N4OS. The molecule has 1 atom stereocenters. The number of carbonyl (C=O) groups is 1. The summed E-state index contributed by atoms with van der Waals surface area (Å²) in [7, 11) is 0. The number of rotatable bonds is 5. The Morgan fingerprint density at radius 3 is 2.55 bits per heavy atom.